The standard InChI is InChI=1S/C13H24N4O2S/c1-3-16-9-13(15-10-16)20(18,19)17(4-2)12-7-5-6-11(12)8-14/h9-12H,3-8,14H2,1-2H3. The first kappa shape index (κ1) is 15.5. The molecule has 1 heterocycles. The number of nitrogens with zero attached hydrogens (tertiary/aromatic N) is 3. The average Bonchev–Trinajstić information content (AvgIpc) is 3.08. The van der Waals surface area contributed by atoms with Crippen LogP contribution in [0.5, 0.6) is 0 Å². The van der Waals surface area contributed by atoms with Crippen LogP contribution < -0.4 is 5.73 Å². The van der Waals surface area contributed by atoms with E-state index in [1.807, 2.05) is 13.8 Å². The lowest BCUT2D eigenvalue weighted by molar-refractivity contribution is 0.275. The molecule has 1 aliphatic rings. The van der Waals surface area contributed by atoms with E-state index in [1.165, 1.54) is 0 Å². The molecule has 7 heteroatoms. The third-order valence-electron chi connectivity index (χ3n) is 4.15. The zero-order chi connectivity index (χ0) is 14.8. The van der Waals surface area contributed by atoms with Crippen molar-refractivity contribution in [2.24, 2.45) is 11.7 Å². The van der Waals surface area contributed by atoms with Gasteiger partial charge in [0.25, 0.3) is 10.0 Å². The van der Waals surface area contributed by atoms with Gasteiger partial charge < -0.3 is 10.3 Å². The van der Waals surface area contributed by atoms with Crippen molar-refractivity contribution in [2.45, 2.75) is 50.7 Å². The average molecular weight is 300 g/mol. The summed E-state index contributed by atoms with van der Waals surface area (Å²) >= 11 is 0. The lowest BCUT2D eigenvalue weighted by Crippen LogP contribution is -2.44. The first-order valence-electron chi connectivity index (χ1n) is 7.28. The van der Waals surface area contributed by atoms with Crippen LogP contribution in [0.3, 0.4) is 0 Å². The molecule has 0 aliphatic heterocycles. The van der Waals surface area contributed by atoms with Gasteiger partial charge in [0.05, 0.1) is 6.33 Å². The number of rotatable bonds is 6. The normalized spacial score (nSPS) is 23.6. The van der Waals surface area contributed by atoms with Crippen molar-refractivity contribution in [1.29, 1.82) is 0 Å². The Kier molecular flexibility index (Phi) is 4.82. The van der Waals surface area contributed by atoms with Crippen LogP contribution in [0, 0.1) is 5.92 Å². The molecule has 0 radical (unpaired) electrons. The Morgan fingerprint density at radius 1 is 1.45 bits per heavy atom. The molecule has 2 N–H and O–H groups in total. The summed E-state index contributed by atoms with van der Waals surface area (Å²) < 4.78 is 28.9. The molecule has 2 atom stereocenters. The van der Waals surface area contributed by atoms with Gasteiger partial charge in [-0.2, -0.15) is 4.31 Å². The number of aryl methyl sites for hydroxylation is 1. The predicted molar refractivity (Wildman–Crippen MR) is 77.7 cm³/mol. The fraction of sp³-hybridized carbons (Fsp3) is 0.769. The lowest BCUT2D eigenvalue weighted by Gasteiger charge is -2.30. The summed E-state index contributed by atoms with van der Waals surface area (Å²) in [7, 11) is -3.52. The maximum atomic E-state index is 12.8. The van der Waals surface area contributed by atoms with Crippen molar-refractivity contribution in [3.05, 3.63) is 12.5 Å². The molecule has 1 aromatic rings. The number of sulfonamides is 1. The second-order valence-corrected chi connectivity index (χ2v) is 7.08. The van der Waals surface area contributed by atoms with Gasteiger partial charge in [-0.3, -0.25) is 0 Å². The Morgan fingerprint density at radius 2 is 2.20 bits per heavy atom. The van der Waals surface area contributed by atoms with Crippen LogP contribution in [0.15, 0.2) is 17.6 Å². The maximum absolute atomic E-state index is 12.8. The van der Waals surface area contributed by atoms with Crippen LogP contribution in [-0.4, -0.2) is 41.4 Å². The minimum Gasteiger partial charge on any atom is -0.336 e. The van der Waals surface area contributed by atoms with Gasteiger partial charge in [-0.1, -0.05) is 13.3 Å². The Morgan fingerprint density at radius 3 is 2.75 bits per heavy atom. The molecule has 0 bridgehead atoms. The first-order valence-corrected chi connectivity index (χ1v) is 8.72. The van der Waals surface area contributed by atoms with Gasteiger partial charge in [0.1, 0.15) is 0 Å². The van der Waals surface area contributed by atoms with Crippen LogP contribution in [0.1, 0.15) is 33.1 Å². The third-order valence-corrected chi connectivity index (χ3v) is 6.04. The molecule has 0 amide bonds. The largest absolute Gasteiger partial charge is 0.336 e. The van der Waals surface area contributed by atoms with E-state index in [0.29, 0.717) is 19.6 Å². The van der Waals surface area contributed by atoms with Crippen LogP contribution >= 0.6 is 0 Å². The molecule has 2 rings (SSSR count). The Bertz CT molecular complexity index is 540. The zero-order valence-corrected chi connectivity index (χ0v) is 13.0. The summed E-state index contributed by atoms with van der Waals surface area (Å²) in [4.78, 5) is 4.05. The number of imidazole rings is 1. The van der Waals surface area contributed by atoms with Gasteiger partial charge in [-0.05, 0) is 32.2 Å². The highest BCUT2D eigenvalue weighted by Gasteiger charge is 2.38. The van der Waals surface area contributed by atoms with E-state index < -0.39 is 10.0 Å². The SMILES string of the molecule is CCN(C1CCCC1CN)S(=O)(=O)c1cn(CC)cn1. The molecule has 20 heavy (non-hydrogen) atoms. The second-order valence-electron chi connectivity index (χ2n) is 5.24. The number of aromatic nitrogens is 2. The van der Waals surface area contributed by atoms with Crippen molar-refractivity contribution in [3.63, 3.8) is 0 Å². The zero-order valence-electron chi connectivity index (χ0n) is 12.2. The summed E-state index contributed by atoms with van der Waals surface area (Å²) in [6.45, 7) is 5.55. The maximum Gasteiger partial charge on any atom is 0.262 e. The van der Waals surface area contributed by atoms with Gasteiger partial charge in [-0.15, -0.1) is 0 Å². The molecular weight excluding hydrogens is 276 g/mol. The minimum atomic E-state index is -3.52. The molecule has 1 fully saturated rings. The smallest absolute Gasteiger partial charge is 0.262 e. The van der Waals surface area contributed by atoms with E-state index in [9.17, 15) is 8.42 Å². The Labute approximate surface area is 121 Å². The van der Waals surface area contributed by atoms with Gasteiger partial charge in [-0.25, -0.2) is 13.4 Å². The third kappa shape index (κ3) is 2.75. The second kappa shape index (κ2) is 6.24. The number of nitrogens with two attached hydrogens (primary N) is 1. The molecule has 0 aromatic carbocycles. The summed E-state index contributed by atoms with van der Waals surface area (Å²) in [6.07, 6.45) is 6.11. The van der Waals surface area contributed by atoms with E-state index in [2.05, 4.69) is 4.98 Å². The summed E-state index contributed by atoms with van der Waals surface area (Å²) in [6, 6.07) is 0.0155. The number of hydrogen-bond donors (Lipinski definition) is 1. The van der Waals surface area contributed by atoms with Crippen molar-refractivity contribution in [2.75, 3.05) is 13.1 Å². The highest BCUT2D eigenvalue weighted by atomic mass is 32.2. The molecule has 1 saturated carbocycles. The number of hydrogen-bond acceptors (Lipinski definition) is 4. The van der Waals surface area contributed by atoms with Gasteiger partial charge in [0, 0.05) is 25.3 Å². The Hall–Kier alpha value is -0.920. The van der Waals surface area contributed by atoms with Crippen molar-refractivity contribution < 1.29 is 8.42 Å². The van der Waals surface area contributed by atoms with Crippen molar-refractivity contribution in [3.8, 4) is 0 Å². The van der Waals surface area contributed by atoms with Gasteiger partial charge in [0.2, 0.25) is 0 Å². The fourth-order valence-corrected chi connectivity index (χ4v) is 4.68. The van der Waals surface area contributed by atoms with Crippen LogP contribution in [-0.2, 0) is 16.6 Å². The van der Waals surface area contributed by atoms with Crippen LogP contribution in [0.2, 0.25) is 0 Å². The van der Waals surface area contributed by atoms with E-state index in [1.54, 1.807) is 21.4 Å². The monoisotopic (exact) mass is 300 g/mol. The minimum absolute atomic E-state index is 0.0155. The Balaban J connectivity index is 2.29. The van der Waals surface area contributed by atoms with E-state index in [4.69, 9.17) is 5.73 Å². The van der Waals surface area contributed by atoms with Gasteiger partial charge in [0.15, 0.2) is 5.03 Å². The fourth-order valence-electron chi connectivity index (χ4n) is 3.02. The molecule has 1 aliphatic carbocycles. The summed E-state index contributed by atoms with van der Waals surface area (Å²) in [5, 5.41) is 0.142. The molecule has 2 unspecified atom stereocenters. The molecule has 6 nitrogen and oxygen atoms in total. The van der Waals surface area contributed by atoms with E-state index in [0.717, 1.165) is 19.3 Å². The predicted octanol–water partition coefficient (Wildman–Crippen LogP) is 1.04. The van der Waals surface area contributed by atoms with Gasteiger partial charge >= 0.3 is 0 Å². The topological polar surface area (TPSA) is 81.2 Å². The van der Waals surface area contributed by atoms with Crippen molar-refractivity contribution in [1.82, 2.24) is 13.9 Å². The molecule has 0 spiro atoms. The quantitative estimate of drug-likeness (QED) is 0.851. The van der Waals surface area contributed by atoms with Crippen LogP contribution in [0.25, 0.3) is 0 Å². The lowest BCUT2D eigenvalue weighted by atomic mass is 10.0. The van der Waals surface area contributed by atoms with E-state index >= 15 is 0 Å². The summed E-state index contributed by atoms with van der Waals surface area (Å²) in [5.74, 6) is 0.262. The van der Waals surface area contributed by atoms with Crippen molar-refractivity contribution >= 4 is 10.0 Å². The highest BCUT2D eigenvalue weighted by Crippen LogP contribution is 2.32. The molecule has 1 aromatic heterocycles. The molecular formula is C13H24N4O2S. The first-order chi connectivity index (χ1) is 9.54. The molecule has 114 valence electrons. The summed E-state index contributed by atoms with van der Waals surface area (Å²) in [5.41, 5.74) is 5.78. The molecule has 0 saturated heterocycles. The highest BCUT2D eigenvalue weighted by molar-refractivity contribution is 7.89. The van der Waals surface area contributed by atoms with Crippen LogP contribution in [0.4, 0.5) is 0 Å². The van der Waals surface area contributed by atoms with E-state index in [-0.39, 0.29) is 17.0 Å².